The van der Waals surface area contributed by atoms with Crippen molar-refractivity contribution >= 4 is 33.0 Å². The van der Waals surface area contributed by atoms with Crippen LogP contribution in [0.4, 0.5) is 11.4 Å². The number of piperazine rings is 1. The molecule has 164 valence electrons. The van der Waals surface area contributed by atoms with E-state index >= 15 is 0 Å². The van der Waals surface area contributed by atoms with Gasteiger partial charge in [0, 0.05) is 44.4 Å². The fraction of sp³-hybridized carbons (Fsp3) is 0.364. The van der Waals surface area contributed by atoms with Gasteiger partial charge in [-0.05, 0) is 30.7 Å². The maximum atomic E-state index is 12.9. The summed E-state index contributed by atoms with van der Waals surface area (Å²) in [6.07, 6.45) is -0.0677. The first-order valence-corrected chi connectivity index (χ1v) is 11.9. The Balaban J connectivity index is 1.37. The van der Waals surface area contributed by atoms with Crippen molar-refractivity contribution in [1.29, 1.82) is 0 Å². The fourth-order valence-corrected chi connectivity index (χ4v) is 5.39. The number of para-hydroxylation sites is 1. The SMILES string of the molecule is Cc1cc2c(cc1S(=O)(=O)CCC(=O)N1CCN(c3ccccc3)CC1)OCC(=O)N2. The summed E-state index contributed by atoms with van der Waals surface area (Å²) in [5.41, 5.74) is 2.09. The van der Waals surface area contributed by atoms with Gasteiger partial charge in [0.25, 0.3) is 5.91 Å². The van der Waals surface area contributed by atoms with E-state index in [0.29, 0.717) is 30.1 Å². The summed E-state index contributed by atoms with van der Waals surface area (Å²) in [7, 11) is -3.68. The van der Waals surface area contributed by atoms with Crippen molar-refractivity contribution in [1.82, 2.24) is 4.90 Å². The van der Waals surface area contributed by atoms with Crippen molar-refractivity contribution in [3.63, 3.8) is 0 Å². The van der Waals surface area contributed by atoms with E-state index in [9.17, 15) is 18.0 Å². The molecule has 1 saturated heterocycles. The van der Waals surface area contributed by atoms with Gasteiger partial charge in [0.2, 0.25) is 5.91 Å². The van der Waals surface area contributed by atoms with E-state index < -0.39 is 9.84 Å². The first-order valence-electron chi connectivity index (χ1n) is 10.2. The van der Waals surface area contributed by atoms with Crippen LogP contribution in [0.1, 0.15) is 12.0 Å². The first-order chi connectivity index (χ1) is 14.8. The maximum Gasteiger partial charge on any atom is 0.262 e. The van der Waals surface area contributed by atoms with Crippen molar-refractivity contribution < 1.29 is 22.7 Å². The normalized spacial score (nSPS) is 16.4. The van der Waals surface area contributed by atoms with Crippen LogP contribution in [0, 0.1) is 6.92 Å². The zero-order valence-corrected chi connectivity index (χ0v) is 18.2. The van der Waals surface area contributed by atoms with E-state index in [1.807, 2.05) is 30.3 Å². The Morgan fingerprint density at radius 2 is 1.81 bits per heavy atom. The number of fused-ring (bicyclic) bond motifs is 1. The smallest absolute Gasteiger partial charge is 0.262 e. The van der Waals surface area contributed by atoms with E-state index in [1.165, 1.54) is 6.07 Å². The van der Waals surface area contributed by atoms with E-state index in [2.05, 4.69) is 10.2 Å². The molecule has 2 amide bonds. The van der Waals surface area contributed by atoms with E-state index in [0.717, 1.165) is 18.8 Å². The number of ether oxygens (including phenoxy) is 1. The van der Waals surface area contributed by atoms with Crippen molar-refractivity contribution in [2.45, 2.75) is 18.2 Å². The zero-order valence-electron chi connectivity index (χ0n) is 17.3. The summed E-state index contributed by atoms with van der Waals surface area (Å²) in [6.45, 7) is 4.09. The summed E-state index contributed by atoms with van der Waals surface area (Å²) >= 11 is 0. The quantitative estimate of drug-likeness (QED) is 0.758. The number of amides is 2. The lowest BCUT2D eigenvalue weighted by molar-refractivity contribution is -0.131. The van der Waals surface area contributed by atoms with Gasteiger partial charge in [-0.15, -0.1) is 0 Å². The Bertz CT molecular complexity index is 1090. The second-order valence-corrected chi connectivity index (χ2v) is 9.80. The predicted octanol–water partition coefficient (Wildman–Crippen LogP) is 1.84. The summed E-state index contributed by atoms with van der Waals surface area (Å²) in [4.78, 5) is 28.2. The molecule has 2 aromatic carbocycles. The second kappa shape index (κ2) is 8.58. The molecule has 0 atom stereocenters. The van der Waals surface area contributed by atoms with Gasteiger partial charge >= 0.3 is 0 Å². The number of benzene rings is 2. The lowest BCUT2D eigenvalue weighted by Gasteiger charge is -2.36. The summed E-state index contributed by atoms with van der Waals surface area (Å²) in [5.74, 6) is -0.375. The highest BCUT2D eigenvalue weighted by molar-refractivity contribution is 7.91. The second-order valence-electron chi connectivity index (χ2n) is 7.72. The Kier molecular flexibility index (Phi) is 5.86. The molecule has 0 radical (unpaired) electrons. The van der Waals surface area contributed by atoms with E-state index in [-0.39, 0.29) is 35.5 Å². The van der Waals surface area contributed by atoms with Crippen molar-refractivity contribution in [3.8, 4) is 5.75 Å². The number of aryl methyl sites for hydroxylation is 1. The number of anilines is 2. The average Bonchev–Trinajstić information content (AvgIpc) is 2.77. The third-order valence-electron chi connectivity index (χ3n) is 5.58. The van der Waals surface area contributed by atoms with Crippen molar-refractivity contribution in [2.75, 3.05) is 48.8 Å². The molecule has 0 spiro atoms. The number of carbonyl (C=O) groups is 2. The predicted molar refractivity (Wildman–Crippen MR) is 117 cm³/mol. The highest BCUT2D eigenvalue weighted by atomic mass is 32.2. The molecule has 1 N–H and O–H groups in total. The summed E-state index contributed by atoms with van der Waals surface area (Å²) in [5, 5.41) is 2.66. The van der Waals surface area contributed by atoms with E-state index in [4.69, 9.17) is 4.74 Å². The van der Waals surface area contributed by atoms with Crippen LogP contribution in [0.2, 0.25) is 0 Å². The molecule has 2 aliphatic rings. The van der Waals surface area contributed by atoms with Crippen LogP contribution in [0.5, 0.6) is 5.75 Å². The van der Waals surface area contributed by atoms with Crippen LogP contribution in [0.25, 0.3) is 0 Å². The lowest BCUT2D eigenvalue weighted by Crippen LogP contribution is -2.49. The van der Waals surface area contributed by atoms with Gasteiger partial charge < -0.3 is 19.9 Å². The molecular formula is C22H25N3O5S. The number of nitrogens with zero attached hydrogens (tertiary/aromatic N) is 2. The Labute approximate surface area is 181 Å². The Morgan fingerprint density at radius 1 is 1.10 bits per heavy atom. The largest absolute Gasteiger partial charge is 0.482 e. The third kappa shape index (κ3) is 4.66. The molecule has 0 aliphatic carbocycles. The zero-order chi connectivity index (χ0) is 22.0. The minimum atomic E-state index is -3.68. The van der Waals surface area contributed by atoms with Gasteiger partial charge in [-0.2, -0.15) is 0 Å². The van der Waals surface area contributed by atoms with Crippen molar-refractivity contribution in [2.24, 2.45) is 0 Å². The van der Waals surface area contributed by atoms with Gasteiger partial charge in [-0.25, -0.2) is 8.42 Å². The maximum absolute atomic E-state index is 12.9. The standard InChI is InChI=1S/C22H25N3O5S/c1-16-13-18-19(30-15-21(26)23-18)14-20(16)31(28,29)12-7-22(27)25-10-8-24(9-11-25)17-5-3-2-4-6-17/h2-6,13-14H,7-12,15H2,1H3,(H,23,26). The monoisotopic (exact) mass is 443 g/mol. The summed E-state index contributed by atoms with van der Waals surface area (Å²) < 4.78 is 31.1. The molecule has 9 heteroatoms. The molecule has 0 unspecified atom stereocenters. The third-order valence-corrected chi connectivity index (χ3v) is 7.43. The number of hydrogen-bond acceptors (Lipinski definition) is 6. The van der Waals surface area contributed by atoms with E-state index in [1.54, 1.807) is 17.9 Å². The molecule has 0 aromatic heterocycles. The molecule has 31 heavy (non-hydrogen) atoms. The molecule has 2 aromatic rings. The van der Waals surface area contributed by atoms with Gasteiger partial charge in [0.05, 0.1) is 16.3 Å². The van der Waals surface area contributed by atoms with Gasteiger partial charge in [0.1, 0.15) is 5.75 Å². The van der Waals surface area contributed by atoms with Crippen LogP contribution in [0.3, 0.4) is 0 Å². The lowest BCUT2D eigenvalue weighted by atomic mass is 10.2. The van der Waals surface area contributed by atoms with Crippen LogP contribution in [-0.4, -0.2) is 63.7 Å². The molecule has 2 aliphatic heterocycles. The molecule has 0 bridgehead atoms. The van der Waals surface area contributed by atoms with Crippen molar-refractivity contribution in [3.05, 3.63) is 48.0 Å². The fourth-order valence-electron chi connectivity index (χ4n) is 3.89. The number of rotatable bonds is 5. The summed E-state index contributed by atoms with van der Waals surface area (Å²) in [6, 6.07) is 13.0. The van der Waals surface area contributed by atoms with Gasteiger partial charge in [-0.1, -0.05) is 18.2 Å². The van der Waals surface area contributed by atoms with Crippen LogP contribution < -0.4 is 15.0 Å². The highest BCUT2D eigenvalue weighted by Gasteiger charge is 2.26. The average molecular weight is 444 g/mol. The first kappa shape index (κ1) is 21.2. The number of hydrogen-bond donors (Lipinski definition) is 1. The van der Waals surface area contributed by atoms with Crippen LogP contribution >= 0.6 is 0 Å². The van der Waals surface area contributed by atoms with Crippen LogP contribution in [-0.2, 0) is 19.4 Å². The topological polar surface area (TPSA) is 96.0 Å². The van der Waals surface area contributed by atoms with Gasteiger partial charge in [-0.3, -0.25) is 9.59 Å². The Hall–Kier alpha value is -3.07. The molecule has 8 nitrogen and oxygen atoms in total. The molecular weight excluding hydrogens is 418 g/mol. The molecule has 2 heterocycles. The molecule has 1 fully saturated rings. The Morgan fingerprint density at radius 3 is 2.52 bits per heavy atom. The van der Waals surface area contributed by atoms with Gasteiger partial charge in [0.15, 0.2) is 16.4 Å². The number of carbonyl (C=O) groups excluding carboxylic acids is 2. The minimum Gasteiger partial charge on any atom is -0.482 e. The minimum absolute atomic E-state index is 0.0677. The molecule has 4 rings (SSSR count). The molecule has 0 saturated carbocycles. The number of sulfone groups is 1. The highest BCUT2D eigenvalue weighted by Crippen LogP contribution is 2.33. The van der Waals surface area contributed by atoms with Crippen LogP contribution in [0.15, 0.2) is 47.4 Å². The number of nitrogens with one attached hydrogen (secondary N) is 1.